The maximum Gasteiger partial charge on any atom is 0.305 e. The van der Waals surface area contributed by atoms with Crippen LogP contribution in [0, 0.1) is 0 Å². The predicted molar refractivity (Wildman–Crippen MR) is 73.1 cm³/mol. The summed E-state index contributed by atoms with van der Waals surface area (Å²) >= 11 is 0. The second kappa shape index (κ2) is 13.5. The summed E-state index contributed by atoms with van der Waals surface area (Å²) in [5.41, 5.74) is 0. The summed E-state index contributed by atoms with van der Waals surface area (Å²) in [4.78, 5) is 11.8. The molecule has 0 radical (unpaired) electrons. The fraction of sp³-hybridized carbons (Fsp3) is 0.933. The van der Waals surface area contributed by atoms with Crippen molar-refractivity contribution < 1.29 is 46.5 Å². The van der Waals surface area contributed by atoms with E-state index in [0.717, 1.165) is 0 Å². The second-order valence-electron chi connectivity index (χ2n) is 1.99. The molecular formula is C15H30O2. The van der Waals surface area contributed by atoms with Crippen LogP contribution in [0.3, 0.4) is 0 Å². The second-order valence-corrected chi connectivity index (χ2v) is 1.99. The Morgan fingerprint density at radius 1 is 0.941 bits per heavy atom. The molecule has 17 heavy (non-hydrogen) atoms. The number of methoxy groups -OCH3 is 1. The van der Waals surface area contributed by atoms with Gasteiger partial charge in [-0.05, 0) is 6.37 Å². The van der Waals surface area contributed by atoms with Crippen molar-refractivity contribution in [3.8, 4) is 0 Å². The van der Waals surface area contributed by atoms with Crippen molar-refractivity contribution in [2.24, 2.45) is 0 Å². The van der Waals surface area contributed by atoms with Crippen molar-refractivity contribution in [1.82, 2.24) is 0 Å². The van der Waals surface area contributed by atoms with Gasteiger partial charge in [-0.2, -0.15) is 0 Å². The van der Waals surface area contributed by atoms with Gasteiger partial charge in [0.25, 0.3) is 0 Å². The molecule has 2 heteroatoms. The number of hydrogen-bond acceptors (Lipinski definition) is 2. The van der Waals surface area contributed by atoms with Crippen LogP contribution in [-0.2, 0) is 9.53 Å². The molecule has 0 aromatic carbocycles. The van der Waals surface area contributed by atoms with Crippen LogP contribution < -0.4 is 0 Å². The van der Waals surface area contributed by atoms with Crippen molar-refractivity contribution >= 4 is 5.97 Å². The number of carbonyl (C=O) groups excluding carboxylic acids is 1. The standard InChI is InChI=1S/C15H30O2/c1-3-4-5-6-7-8-9-10-11-12-13-14-15(16)17-2/h3-14H2,1-2H3/i1D3,3D2,4D2,5D2,6D2,7D2,8D2,9D2,10D2,11D2,12D2,13D2,14D2. The Balaban J connectivity index is 7.49. The molecule has 0 atom stereocenters. The van der Waals surface area contributed by atoms with E-state index in [-0.39, 0.29) is 0 Å². The van der Waals surface area contributed by atoms with Crippen molar-refractivity contribution in [1.29, 1.82) is 0 Å². The van der Waals surface area contributed by atoms with E-state index in [1.807, 2.05) is 0 Å². The van der Waals surface area contributed by atoms with Crippen LogP contribution in [-0.4, -0.2) is 13.1 Å². The molecule has 0 aliphatic rings. The van der Waals surface area contributed by atoms with Gasteiger partial charge in [0.05, 0.1) is 7.11 Å². The van der Waals surface area contributed by atoms with E-state index < -0.39 is 89.3 Å². The van der Waals surface area contributed by atoms with E-state index in [4.69, 9.17) is 37.0 Å². The zero-order valence-corrected chi connectivity index (χ0v) is 8.82. The molecule has 0 fully saturated rings. The lowest BCUT2D eigenvalue weighted by Gasteiger charge is -2.02. The van der Waals surface area contributed by atoms with Crippen LogP contribution in [0.4, 0.5) is 0 Å². The number of carbonyl (C=O) groups is 1. The van der Waals surface area contributed by atoms with E-state index in [1.165, 1.54) is 0 Å². The Bertz CT molecular complexity index is 1080. The molecule has 0 amide bonds. The molecule has 0 bridgehead atoms. The minimum Gasteiger partial charge on any atom is -0.469 e. The SMILES string of the molecule is [2H]C([2H])([2H])C([2H])([2H])C([2H])([2H])C([2H])([2H])C([2H])([2H])C([2H])([2H])C([2H])([2H])C([2H])([2H])C([2H])([2H])C([2H])([2H])C([2H])([2H])C([2H])([2H])C([2H])([2H])C(=O)OC. The summed E-state index contributed by atoms with van der Waals surface area (Å²) in [6.07, 6.45) is -56.4. The number of hydrogen-bond donors (Lipinski definition) is 0. The van der Waals surface area contributed by atoms with Crippen molar-refractivity contribution in [2.75, 3.05) is 7.11 Å². The summed E-state index contributed by atoms with van der Waals surface area (Å²) in [7, 11) is 0.521. The lowest BCUT2D eigenvalue weighted by molar-refractivity contribution is -0.140. The quantitative estimate of drug-likeness (QED) is 0.473. The van der Waals surface area contributed by atoms with E-state index in [9.17, 15) is 4.79 Å². The Morgan fingerprint density at radius 3 is 1.88 bits per heavy atom. The molecule has 0 heterocycles. The summed E-state index contributed by atoms with van der Waals surface area (Å²) in [6.45, 7) is -4.05. The first-order chi connectivity index (χ1) is 18.5. The van der Waals surface area contributed by atoms with Crippen molar-refractivity contribution in [3.63, 3.8) is 0 Å². The molecule has 0 saturated carbocycles. The van der Waals surface area contributed by atoms with Gasteiger partial charge in [0.15, 0.2) is 0 Å². The summed E-state index contributed by atoms with van der Waals surface area (Å²) in [6, 6.07) is 0. The van der Waals surface area contributed by atoms with Gasteiger partial charge in [0.1, 0.15) is 0 Å². The zero-order valence-electron chi connectivity index (χ0n) is 35.8. The molecule has 0 saturated heterocycles. The van der Waals surface area contributed by atoms with Crippen LogP contribution in [0.25, 0.3) is 0 Å². The smallest absolute Gasteiger partial charge is 0.305 e. The van der Waals surface area contributed by atoms with Crippen LogP contribution in [0.5, 0.6) is 0 Å². The van der Waals surface area contributed by atoms with E-state index in [1.54, 1.807) is 0 Å². The predicted octanol–water partition coefficient (Wildman–Crippen LogP) is 4.86. The third-order valence-corrected chi connectivity index (χ3v) is 0.975. The van der Waals surface area contributed by atoms with E-state index in [0.29, 0.717) is 7.11 Å². The molecule has 2 nitrogen and oxygen atoms in total. The zero-order chi connectivity index (χ0) is 36.8. The number of ether oxygens (including phenoxy) is 1. The van der Waals surface area contributed by atoms with E-state index in [2.05, 4.69) is 4.74 Å². The average molecular weight is 270 g/mol. The maximum absolute atomic E-state index is 11.8. The highest BCUT2D eigenvalue weighted by Gasteiger charge is 1.98. The largest absolute Gasteiger partial charge is 0.469 e. The topological polar surface area (TPSA) is 26.3 Å². The third kappa shape index (κ3) is 13.4. The minimum absolute atomic E-state index is 0.521. The molecule has 0 rings (SSSR count). The molecule has 0 aliphatic heterocycles. The lowest BCUT2D eigenvalue weighted by atomic mass is 10.1. The normalized spacial score (nSPS) is 44.9. The van der Waals surface area contributed by atoms with Gasteiger partial charge in [-0.15, -0.1) is 0 Å². The minimum atomic E-state index is -4.96. The molecule has 0 aromatic heterocycles. The number of esters is 1. The highest BCUT2D eigenvalue weighted by atomic mass is 16.5. The molecule has 0 aromatic rings. The fourth-order valence-corrected chi connectivity index (χ4v) is 0.415. The summed E-state index contributed by atoms with van der Waals surface area (Å²) in [5, 5.41) is 0. The molecule has 0 spiro atoms. The number of rotatable bonds is 12. The van der Waals surface area contributed by atoms with E-state index >= 15 is 0 Å². The van der Waals surface area contributed by atoms with Gasteiger partial charge in [-0.25, -0.2) is 0 Å². The van der Waals surface area contributed by atoms with Gasteiger partial charge in [0.2, 0.25) is 0 Å². The van der Waals surface area contributed by atoms with Gasteiger partial charge in [0, 0.05) is 43.4 Å². The van der Waals surface area contributed by atoms with Crippen LogP contribution in [0.1, 0.15) is 120 Å². The molecule has 0 N–H and O–H groups in total. The van der Waals surface area contributed by atoms with Gasteiger partial charge in [-0.1, -0.05) is 70.6 Å². The Kier molecular flexibility index (Phi) is 1.74. The van der Waals surface area contributed by atoms with Crippen LogP contribution in [0.2, 0.25) is 0 Å². The Morgan fingerprint density at radius 2 is 1.41 bits per heavy atom. The fourth-order valence-electron chi connectivity index (χ4n) is 0.415. The summed E-state index contributed by atoms with van der Waals surface area (Å²) < 4.78 is 216. The highest BCUT2D eigenvalue weighted by molar-refractivity contribution is 5.68. The van der Waals surface area contributed by atoms with Gasteiger partial charge < -0.3 is 4.74 Å². The van der Waals surface area contributed by atoms with Crippen LogP contribution >= 0.6 is 0 Å². The maximum atomic E-state index is 11.8. The molecule has 0 aliphatic carbocycles. The molecule has 102 valence electrons. The van der Waals surface area contributed by atoms with Gasteiger partial charge >= 0.3 is 5.97 Å². The Hall–Kier alpha value is -0.530. The molecular weight excluding hydrogens is 212 g/mol. The highest BCUT2D eigenvalue weighted by Crippen LogP contribution is 2.11. The first kappa shape index (κ1) is 2.19. The first-order valence-electron chi connectivity index (χ1n) is 17.6. The van der Waals surface area contributed by atoms with Crippen molar-refractivity contribution in [2.45, 2.75) is 83.3 Å². The van der Waals surface area contributed by atoms with Gasteiger partial charge in [-0.3, -0.25) is 4.79 Å². The van der Waals surface area contributed by atoms with Crippen molar-refractivity contribution in [3.05, 3.63) is 0 Å². The Labute approximate surface area is 145 Å². The lowest BCUT2D eigenvalue weighted by Crippen LogP contribution is -1.99. The summed E-state index contributed by atoms with van der Waals surface area (Å²) in [5.74, 6) is -2.14. The first-order valence-corrected chi connectivity index (χ1v) is 4.07. The molecule has 0 unspecified atom stereocenters. The average Bonchev–Trinajstić information content (AvgIpc) is 2.80. The van der Waals surface area contributed by atoms with Crippen LogP contribution in [0.15, 0.2) is 0 Å². The monoisotopic (exact) mass is 269 g/mol. The third-order valence-electron chi connectivity index (χ3n) is 0.975.